The van der Waals surface area contributed by atoms with Crippen LogP contribution >= 0.6 is 11.6 Å². The molecule has 1 aromatic heterocycles. The molecule has 1 heterocycles. The minimum Gasteiger partial charge on any atom is -0.231 e. The molecule has 7 nitrogen and oxygen atoms in total. The number of rotatable bonds is 4. The molecule has 0 aliphatic heterocycles. The van der Waals surface area contributed by atoms with E-state index >= 15 is 0 Å². The highest BCUT2D eigenvalue weighted by Crippen LogP contribution is 2.19. The van der Waals surface area contributed by atoms with Crippen molar-refractivity contribution in [2.75, 3.05) is 0 Å². The zero-order valence-corrected chi connectivity index (χ0v) is 11.9. The number of nitrogens with one attached hydrogen (secondary N) is 1. The number of aromatic nitrogens is 4. The van der Waals surface area contributed by atoms with Gasteiger partial charge in [0.2, 0.25) is 10.0 Å². The van der Waals surface area contributed by atoms with Crippen LogP contribution in [0.5, 0.6) is 0 Å². The van der Waals surface area contributed by atoms with Crippen molar-refractivity contribution in [2.24, 2.45) is 7.05 Å². The monoisotopic (exact) mass is 301 g/mol. The van der Waals surface area contributed by atoms with Crippen LogP contribution in [0.2, 0.25) is 5.02 Å². The van der Waals surface area contributed by atoms with E-state index in [0.717, 1.165) is 5.56 Å². The second-order valence-electron chi connectivity index (χ2n) is 3.95. The first-order valence-corrected chi connectivity index (χ1v) is 7.23. The van der Waals surface area contributed by atoms with E-state index in [4.69, 9.17) is 11.6 Å². The van der Waals surface area contributed by atoms with Crippen LogP contribution in [0.3, 0.4) is 0 Å². The number of nitrogens with zero attached hydrogens (tertiary/aromatic N) is 4. The molecule has 1 aromatic carbocycles. The van der Waals surface area contributed by atoms with Crippen LogP contribution in [0.4, 0.5) is 0 Å². The summed E-state index contributed by atoms with van der Waals surface area (Å²) in [5, 5.41) is 11.1. The van der Waals surface area contributed by atoms with Crippen molar-refractivity contribution in [3.8, 4) is 0 Å². The third kappa shape index (κ3) is 3.09. The molecule has 0 bridgehead atoms. The van der Waals surface area contributed by atoms with Crippen molar-refractivity contribution in [3.05, 3.63) is 34.6 Å². The summed E-state index contributed by atoms with van der Waals surface area (Å²) in [5.74, 6) is 0.418. The molecule has 19 heavy (non-hydrogen) atoms. The lowest BCUT2D eigenvalue weighted by atomic mass is 10.2. The van der Waals surface area contributed by atoms with Gasteiger partial charge in [-0.05, 0) is 35.0 Å². The Morgan fingerprint density at radius 2 is 2.16 bits per heavy atom. The third-order valence-corrected chi connectivity index (χ3v) is 4.39. The number of tetrazole rings is 1. The maximum Gasteiger partial charge on any atom is 0.241 e. The standard InChI is InChI=1S/C10H12ClN5O2S/c1-7-3-4-8(5-9(7)11)19(17,18)12-6-10-13-14-15-16(10)2/h3-5,12H,6H2,1-2H3. The van der Waals surface area contributed by atoms with Crippen LogP contribution in [0.15, 0.2) is 23.1 Å². The molecule has 1 N–H and O–H groups in total. The Balaban J connectivity index is 2.18. The summed E-state index contributed by atoms with van der Waals surface area (Å²) >= 11 is 5.92. The minimum absolute atomic E-state index is 0.0112. The predicted molar refractivity (Wildman–Crippen MR) is 69.0 cm³/mol. The minimum atomic E-state index is -3.64. The fourth-order valence-corrected chi connectivity index (χ4v) is 2.63. The Labute approximate surface area is 115 Å². The van der Waals surface area contributed by atoms with Crippen LogP contribution in [0.1, 0.15) is 11.4 Å². The van der Waals surface area contributed by atoms with Crippen LogP contribution in [-0.4, -0.2) is 28.6 Å². The molecule has 0 aliphatic rings. The molecule has 0 radical (unpaired) electrons. The van der Waals surface area contributed by atoms with E-state index in [9.17, 15) is 8.42 Å². The summed E-state index contributed by atoms with van der Waals surface area (Å²) in [7, 11) is -2.00. The van der Waals surface area contributed by atoms with E-state index in [2.05, 4.69) is 20.2 Å². The lowest BCUT2D eigenvalue weighted by Crippen LogP contribution is -2.25. The lowest BCUT2D eigenvalue weighted by Gasteiger charge is -2.07. The molecule has 0 atom stereocenters. The van der Waals surface area contributed by atoms with E-state index in [0.29, 0.717) is 10.8 Å². The summed E-state index contributed by atoms with van der Waals surface area (Å²) in [6.45, 7) is 1.81. The molecular weight excluding hydrogens is 290 g/mol. The summed E-state index contributed by atoms with van der Waals surface area (Å²) in [6.07, 6.45) is 0. The highest BCUT2D eigenvalue weighted by molar-refractivity contribution is 7.89. The second kappa shape index (κ2) is 5.24. The zero-order chi connectivity index (χ0) is 14.0. The Morgan fingerprint density at radius 3 is 2.74 bits per heavy atom. The summed E-state index contributed by atoms with van der Waals surface area (Å²) in [6, 6.07) is 4.56. The van der Waals surface area contributed by atoms with Crippen LogP contribution in [0.25, 0.3) is 0 Å². The largest absolute Gasteiger partial charge is 0.241 e. The van der Waals surface area contributed by atoms with Crippen molar-refractivity contribution >= 4 is 21.6 Å². The summed E-state index contributed by atoms with van der Waals surface area (Å²) < 4.78 is 27.9. The predicted octanol–water partition coefficient (Wildman–Crippen LogP) is 0.650. The second-order valence-corrected chi connectivity index (χ2v) is 6.13. The average molecular weight is 302 g/mol. The molecule has 0 unspecified atom stereocenters. The lowest BCUT2D eigenvalue weighted by molar-refractivity contribution is 0.575. The Kier molecular flexibility index (Phi) is 3.83. The average Bonchev–Trinajstić information content (AvgIpc) is 2.76. The molecule has 102 valence electrons. The van der Waals surface area contributed by atoms with Crippen LogP contribution in [0, 0.1) is 6.92 Å². The van der Waals surface area contributed by atoms with Crippen molar-refractivity contribution in [1.29, 1.82) is 0 Å². The topological polar surface area (TPSA) is 89.8 Å². The molecule has 0 fully saturated rings. The highest BCUT2D eigenvalue weighted by Gasteiger charge is 2.16. The van der Waals surface area contributed by atoms with Crippen molar-refractivity contribution < 1.29 is 8.42 Å². The van der Waals surface area contributed by atoms with Gasteiger partial charge in [0.15, 0.2) is 5.82 Å². The molecule has 0 spiro atoms. The molecular formula is C10H12ClN5O2S. The van der Waals surface area contributed by atoms with Crippen molar-refractivity contribution in [2.45, 2.75) is 18.4 Å². The number of hydrogen-bond donors (Lipinski definition) is 1. The van der Waals surface area contributed by atoms with Crippen molar-refractivity contribution in [3.63, 3.8) is 0 Å². The zero-order valence-electron chi connectivity index (χ0n) is 10.3. The summed E-state index contributed by atoms with van der Waals surface area (Å²) in [5.41, 5.74) is 0.818. The van der Waals surface area contributed by atoms with Gasteiger partial charge >= 0.3 is 0 Å². The molecule has 2 rings (SSSR count). The van der Waals surface area contributed by atoms with Gasteiger partial charge in [0.25, 0.3) is 0 Å². The van der Waals surface area contributed by atoms with Gasteiger partial charge in [-0.25, -0.2) is 17.8 Å². The summed E-state index contributed by atoms with van der Waals surface area (Å²) in [4.78, 5) is 0.109. The maximum absolute atomic E-state index is 12.1. The van der Waals surface area contributed by atoms with Gasteiger partial charge in [-0.3, -0.25) is 0 Å². The molecule has 0 aliphatic carbocycles. The van der Waals surface area contributed by atoms with Gasteiger partial charge in [-0.1, -0.05) is 17.7 Å². The van der Waals surface area contributed by atoms with Gasteiger partial charge in [-0.2, -0.15) is 0 Å². The maximum atomic E-state index is 12.1. The highest BCUT2D eigenvalue weighted by atomic mass is 35.5. The number of halogens is 1. The Hall–Kier alpha value is -1.51. The fraction of sp³-hybridized carbons (Fsp3) is 0.300. The van der Waals surface area contributed by atoms with E-state index in [1.54, 1.807) is 20.0 Å². The van der Waals surface area contributed by atoms with Crippen molar-refractivity contribution in [1.82, 2.24) is 24.9 Å². The van der Waals surface area contributed by atoms with Gasteiger partial charge < -0.3 is 0 Å². The Morgan fingerprint density at radius 1 is 1.42 bits per heavy atom. The smallest absolute Gasteiger partial charge is 0.231 e. The van der Waals surface area contributed by atoms with Gasteiger partial charge in [0.05, 0.1) is 11.4 Å². The first-order valence-electron chi connectivity index (χ1n) is 5.37. The number of hydrogen-bond acceptors (Lipinski definition) is 5. The first-order chi connectivity index (χ1) is 8.90. The quantitative estimate of drug-likeness (QED) is 0.895. The fourth-order valence-electron chi connectivity index (χ4n) is 1.38. The molecule has 2 aromatic rings. The number of benzene rings is 1. The van der Waals surface area contributed by atoms with Crippen LogP contribution < -0.4 is 4.72 Å². The first kappa shape index (κ1) is 13.9. The van der Waals surface area contributed by atoms with Gasteiger partial charge in [0.1, 0.15) is 0 Å². The molecule has 0 saturated heterocycles. The molecule has 0 saturated carbocycles. The van der Waals surface area contributed by atoms with E-state index < -0.39 is 10.0 Å². The molecule has 0 amide bonds. The normalized spacial score (nSPS) is 11.7. The van der Waals surface area contributed by atoms with Gasteiger partial charge in [0, 0.05) is 12.1 Å². The van der Waals surface area contributed by atoms with E-state index in [-0.39, 0.29) is 11.4 Å². The number of sulfonamides is 1. The third-order valence-electron chi connectivity index (χ3n) is 2.58. The van der Waals surface area contributed by atoms with E-state index in [1.165, 1.54) is 16.8 Å². The molecule has 9 heteroatoms. The van der Waals surface area contributed by atoms with E-state index in [1.807, 2.05) is 0 Å². The van der Waals surface area contributed by atoms with Crippen LogP contribution in [-0.2, 0) is 23.6 Å². The number of aryl methyl sites for hydroxylation is 2. The van der Waals surface area contributed by atoms with Gasteiger partial charge in [-0.15, -0.1) is 5.10 Å². The SMILES string of the molecule is Cc1ccc(S(=O)(=O)NCc2nnnn2C)cc1Cl. The Bertz CT molecular complexity index is 698.